The SMILES string of the molecule is SCCn1ccnc1-c1ccccc1. The van der Waals surface area contributed by atoms with E-state index in [-0.39, 0.29) is 0 Å². The van der Waals surface area contributed by atoms with Gasteiger partial charge in [-0.1, -0.05) is 30.3 Å². The second kappa shape index (κ2) is 4.33. The molecule has 0 spiro atoms. The van der Waals surface area contributed by atoms with Crippen molar-refractivity contribution in [3.8, 4) is 11.4 Å². The average molecular weight is 204 g/mol. The van der Waals surface area contributed by atoms with Crippen molar-refractivity contribution in [1.82, 2.24) is 9.55 Å². The van der Waals surface area contributed by atoms with Crippen LogP contribution >= 0.6 is 12.6 Å². The van der Waals surface area contributed by atoms with E-state index < -0.39 is 0 Å². The number of aromatic nitrogens is 2. The first-order valence-electron chi connectivity index (χ1n) is 4.59. The number of imidazole rings is 1. The minimum absolute atomic E-state index is 0.830. The van der Waals surface area contributed by atoms with E-state index in [2.05, 4.69) is 34.3 Å². The third-order valence-electron chi connectivity index (χ3n) is 2.09. The van der Waals surface area contributed by atoms with Crippen molar-refractivity contribution in [3.05, 3.63) is 42.7 Å². The molecule has 0 N–H and O–H groups in total. The Hall–Kier alpha value is -1.22. The summed E-state index contributed by atoms with van der Waals surface area (Å²) in [5.74, 6) is 1.84. The van der Waals surface area contributed by atoms with Crippen LogP contribution in [0, 0.1) is 0 Å². The van der Waals surface area contributed by atoms with Gasteiger partial charge in [-0.05, 0) is 0 Å². The summed E-state index contributed by atoms with van der Waals surface area (Å²) in [4.78, 5) is 4.33. The van der Waals surface area contributed by atoms with Gasteiger partial charge in [-0.3, -0.25) is 0 Å². The van der Waals surface area contributed by atoms with Gasteiger partial charge in [0.2, 0.25) is 0 Å². The first kappa shape index (κ1) is 9.34. The average Bonchev–Trinajstić information content (AvgIpc) is 2.68. The van der Waals surface area contributed by atoms with Gasteiger partial charge in [0, 0.05) is 30.3 Å². The summed E-state index contributed by atoms with van der Waals surface area (Å²) in [6.07, 6.45) is 3.81. The van der Waals surface area contributed by atoms with Gasteiger partial charge in [0.05, 0.1) is 0 Å². The van der Waals surface area contributed by atoms with Crippen LogP contribution in [0.3, 0.4) is 0 Å². The predicted octanol–water partition coefficient (Wildman–Crippen LogP) is 2.48. The lowest BCUT2D eigenvalue weighted by atomic mass is 10.2. The molecule has 1 aromatic heterocycles. The van der Waals surface area contributed by atoms with Gasteiger partial charge in [0.15, 0.2) is 0 Å². The smallest absolute Gasteiger partial charge is 0.139 e. The van der Waals surface area contributed by atoms with Crippen molar-refractivity contribution < 1.29 is 0 Å². The third-order valence-corrected chi connectivity index (χ3v) is 2.29. The zero-order chi connectivity index (χ0) is 9.80. The number of aryl methyl sites for hydroxylation is 1. The molecule has 14 heavy (non-hydrogen) atoms. The van der Waals surface area contributed by atoms with E-state index in [9.17, 15) is 0 Å². The summed E-state index contributed by atoms with van der Waals surface area (Å²) in [6, 6.07) is 10.2. The second-order valence-corrected chi connectivity index (χ2v) is 3.48. The normalized spacial score (nSPS) is 10.4. The first-order chi connectivity index (χ1) is 6.92. The van der Waals surface area contributed by atoms with E-state index >= 15 is 0 Å². The summed E-state index contributed by atoms with van der Waals surface area (Å²) in [7, 11) is 0. The molecule has 1 aromatic carbocycles. The highest BCUT2D eigenvalue weighted by atomic mass is 32.1. The van der Waals surface area contributed by atoms with E-state index in [1.54, 1.807) is 0 Å². The lowest BCUT2D eigenvalue weighted by molar-refractivity contribution is 0.781. The van der Waals surface area contributed by atoms with Crippen LogP contribution in [0.2, 0.25) is 0 Å². The van der Waals surface area contributed by atoms with Crippen molar-refractivity contribution >= 4 is 12.6 Å². The van der Waals surface area contributed by atoms with Gasteiger partial charge < -0.3 is 4.57 Å². The molecule has 0 atom stereocenters. The molecule has 2 rings (SSSR count). The largest absolute Gasteiger partial charge is 0.330 e. The molecule has 2 nitrogen and oxygen atoms in total. The van der Waals surface area contributed by atoms with Crippen LogP contribution in [0.4, 0.5) is 0 Å². The summed E-state index contributed by atoms with van der Waals surface area (Å²) in [5, 5.41) is 0. The number of rotatable bonds is 3. The maximum atomic E-state index is 4.33. The Bertz CT molecular complexity index is 395. The Labute approximate surface area is 89.0 Å². The van der Waals surface area contributed by atoms with E-state index in [0.717, 1.165) is 23.7 Å². The van der Waals surface area contributed by atoms with Crippen LogP contribution in [0.15, 0.2) is 42.7 Å². The van der Waals surface area contributed by atoms with Crippen LogP contribution in [0.5, 0.6) is 0 Å². The number of hydrogen-bond acceptors (Lipinski definition) is 2. The molecule has 0 amide bonds. The fraction of sp³-hybridized carbons (Fsp3) is 0.182. The van der Waals surface area contributed by atoms with Gasteiger partial charge >= 0.3 is 0 Å². The number of thiol groups is 1. The molecule has 72 valence electrons. The first-order valence-corrected chi connectivity index (χ1v) is 5.22. The molecule has 0 radical (unpaired) electrons. The second-order valence-electron chi connectivity index (χ2n) is 3.03. The molecule has 0 saturated carbocycles. The van der Waals surface area contributed by atoms with Crippen molar-refractivity contribution in [2.45, 2.75) is 6.54 Å². The molecular weight excluding hydrogens is 192 g/mol. The monoisotopic (exact) mass is 204 g/mol. The molecule has 0 fully saturated rings. The van der Waals surface area contributed by atoms with Crippen molar-refractivity contribution in [3.63, 3.8) is 0 Å². The minimum Gasteiger partial charge on any atom is -0.330 e. The van der Waals surface area contributed by atoms with E-state index in [1.807, 2.05) is 30.6 Å². The van der Waals surface area contributed by atoms with E-state index in [4.69, 9.17) is 0 Å². The van der Waals surface area contributed by atoms with Crippen LogP contribution in [-0.4, -0.2) is 15.3 Å². The molecule has 0 unspecified atom stereocenters. The predicted molar refractivity (Wildman–Crippen MR) is 61.5 cm³/mol. The molecule has 0 saturated heterocycles. The van der Waals surface area contributed by atoms with Gasteiger partial charge in [0.1, 0.15) is 5.82 Å². The number of benzene rings is 1. The zero-order valence-corrected chi connectivity index (χ0v) is 8.69. The fourth-order valence-electron chi connectivity index (χ4n) is 1.44. The molecule has 0 aliphatic rings. The van der Waals surface area contributed by atoms with Crippen LogP contribution in [0.1, 0.15) is 0 Å². The molecule has 0 aliphatic heterocycles. The highest BCUT2D eigenvalue weighted by Crippen LogP contribution is 2.16. The van der Waals surface area contributed by atoms with Gasteiger partial charge in [-0.15, -0.1) is 0 Å². The summed E-state index contributed by atoms with van der Waals surface area (Å²) >= 11 is 4.22. The highest BCUT2D eigenvalue weighted by molar-refractivity contribution is 7.80. The van der Waals surface area contributed by atoms with Gasteiger partial charge in [0.25, 0.3) is 0 Å². The Morgan fingerprint density at radius 3 is 2.71 bits per heavy atom. The minimum atomic E-state index is 0.830. The summed E-state index contributed by atoms with van der Waals surface area (Å²) in [6.45, 7) is 0.896. The van der Waals surface area contributed by atoms with Crippen molar-refractivity contribution in [1.29, 1.82) is 0 Å². The summed E-state index contributed by atoms with van der Waals surface area (Å²) in [5.41, 5.74) is 1.15. The highest BCUT2D eigenvalue weighted by Gasteiger charge is 2.03. The quantitative estimate of drug-likeness (QED) is 0.760. The summed E-state index contributed by atoms with van der Waals surface area (Å²) < 4.78 is 2.11. The molecular formula is C11H12N2S. The Morgan fingerprint density at radius 1 is 1.21 bits per heavy atom. The maximum absolute atomic E-state index is 4.33. The Balaban J connectivity index is 2.37. The van der Waals surface area contributed by atoms with Gasteiger partial charge in [-0.25, -0.2) is 4.98 Å². The maximum Gasteiger partial charge on any atom is 0.139 e. The third kappa shape index (κ3) is 1.82. The van der Waals surface area contributed by atoms with Gasteiger partial charge in [-0.2, -0.15) is 12.6 Å². The molecule has 0 aliphatic carbocycles. The molecule has 0 bridgehead atoms. The van der Waals surface area contributed by atoms with E-state index in [1.165, 1.54) is 0 Å². The lowest BCUT2D eigenvalue weighted by Crippen LogP contribution is -2.00. The van der Waals surface area contributed by atoms with Crippen LogP contribution in [0.25, 0.3) is 11.4 Å². The Morgan fingerprint density at radius 2 is 2.00 bits per heavy atom. The van der Waals surface area contributed by atoms with Crippen molar-refractivity contribution in [2.75, 3.05) is 5.75 Å². The Kier molecular flexibility index (Phi) is 2.89. The lowest BCUT2D eigenvalue weighted by Gasteiger charge is -2.05. The number of nitrogens with zero attached hydrogens (tertiary/aromatic N) is 2. The van der Waals surface area contributed by atoms with Crippen LogP contribution < -0.4 is 0 Å². The zero-order valence-electron chi connectivity index (χ0n) is 7.80. The molecule has 2 aromatic rings. The standard InChI is InChI=1S/C11H12N2S/c14-9-8-13-7-6-12-11(13)10-4-2-1-3-5-10/h1-7,14H,8-9H2. The van der Waals surface area contributed by atoms with E-state index in [0.29, 0.717) is 0 Å². The van der Waals surface area contributed by atoms with Crippen molar-refractivity contribution in [2.24, 2.45) is 0 Å². The van der Waals surface area contributed by atoms with Crippen LogP contribution in [-0.2, 0) is 6.54 Å². The molecule has 3 heteroatoms. The molecule has 1 heterocycles. The number of hydrogen-bond donors (Lipinski definition) is 1. The fourth-order valence-corrected chi connectivity index (χ4v) is 1.66. The topological polar surface area (TPSA) is 17.8 Å².